The number of benzene rings is 3. The Morgan fingerprint density at radius 1 is 0.814 bits per heavy atom. The number of esters is 2. The molecule has 2 N–H and O–H groups in total. The van der Waals surface area contributed by atoms with Crippen molar-refractivity contribution in [3.05, 3.63) is 107 Å². The van der Waals surface area contributed by atoms with Gasteiger partial charge in [-0.25, -0.2) is 4.79 Å². The number of carbonyl (C=O) groups excluding carboxylic acids is 3. The quantitative estimate of drug-likeness (QED) is 0.173. The Labute approximate surface area is 343 Å². The van der Waals surface area contributed by atoms with Crippen molar-refractivity contribution < 1.29 is 64.0 Å². The normalized spacial score (nSPS) is 32.7. The van der Waals surface area contributed by atoms with Crippen molar-refractivity contribution in [3.8, 4) is 0 Å². The van der Waals surface area contributed by atoms with E-state index in [9.17, 15) is 36.6 Å². The van der Waals surface area contributed by atoms with Crippen molar-refractivity contribution in [1.82, 2.24) is 0 Å². The molecule has 7 rings (SSSR count). The minimum atomic E-state index is -4.84. The predicted octanol–water partition coefficient (Wildman–Crippen LogP) is 4.53. The Morgan fingerprint density at radius 2 is 1.36 bits per heavy atom. The van der Waals surface area contributed by atoms with Crippen LogP contribution in [0.2, 0.25) is 0 Å². The van der Waals surface area contributed by atoms with E-state index in [2.05, 4.69) is 0 Å². The summed E-state index contributed by atoms with van der Waals surface area (Å²) in [5, 5.41) is 25.2. The Bertz CT molecular complexity index is 2430. The van der Waals surface area contributed by atoms with Gasteiger partial charge in [0.1, 0.15) is 17.8 Å². The third-order valence-corrected chi connectivity index (χ3v) is 15.6. The summed E-state index contributed by atoms with van der Waals surface area (Å²) in [7, 11) is -9.56. The van der Waals surface area contributed by atoms with E-state index in [0.717, 1.165) is 18.1 Å². The zero-order valence-corrected chi connectivity index (χ0v) is 35.3. The molecule has 0 aromatic heterocycles. The van der Waals surface area contributed by atoms with Crippen molar-refractivity contribution in [1.29, 1.82) is 0 Å². The second-order valence-electron chi connectivity index (χ2n) is 16.9. The SMILES string of the molecule is CC(=O)O[C@@]12CO[C@@H]1C[C@H](OS(=O)(=O)c1ccc(C)cc1)[C@@]1(C)C(=O)[C@H](OS(=O)(=O)c3ccc(C)cc3)C3=C(C)[C@@H](O)C[C@@](O)([C@@H](OC(=O)c4ccccc4)[C@H]21)C3(C)C. The third-order valence-electron chi connectivity index (χ3n) is 13.0. The van der Waals surface area contributed by atoms with Crippen LogP contribution in [0.1, 0.15) is 68.9 Å². The number of fused-ring (bicyclic) bond motifs is 5. The van der Waals surface area contributed by atoms with Gasteiger partial charge >= 0.3 is 11.9 Å². The summed E-state index contributed by atoms with van der Waals surface area (Å²) in [5.74, 6) is -4.57. The van der Waals surface area contributed by atoms with Gasteiger partial charge in [0.05, 0.1) is 45.5 Å². The summed E-state index contributed by atoms with van der Waals surface area (Å²) in [4.78, 5) is 42.9. The van der Waals surface area contributed by atoms with Gasteiger partial charge in [0, 0.05) is 25.2 Å². The summed E-state index contributed by atoms with van der Waals surface area (Å²) < 4.78 is 87.5. The summed E-state index contributed by atoms with van der Waals surface area (Å²) in [5.41, 5.74) is -6.86. The Kier molecular flexibility index (Phi) is 10.7. The van der Waals surface area contributed by atoms with Gasteiger partial charge in [-0.3, -0.25) is 18.0 Å². The maximum atomic E-state index is 16.1. The minimum Gasteiger partial charge on any atom is -0.455 e. The van der Waals surface area contributed by atoms with Crippen molar-refractivity contribution >= 4 is 38.0 Å². The van der Waals surface area contributed by atoms with Crippen LogP contribution in [0.25, 0.3) is 0 Å². The van der Waals surface area contributed by atoms with E-state index in [1.165, 1.54) is 76.2 Å². The number of ketones is 1. The molecule has 1 saturated heterocycles. The van der Waals surface area contributed by atoms with Crippen LogP contribution in [-0.2, 0) is 52.4 Å². The maximum Gasteiger partial charge on any atom is 0.338 e. The second-order valence-corrected chi connectivity index (χ2v) is 20.0. The van der Waals surface area contributed by atoms with Crippen LogP contribution >= 0.6 is 0 Å². The number of aliphatic hydroxyl groups is 2. The fourth-order valence-corrected chi connectivity index (χ4v) is 11.8. The Hall–Kier alpha value is -4.29. The number of Topliss-reactive ketones (excluding diaryl/α,β-unsaturated/α-hetero) is 1. The number of aliphatic hydroxyl groups excluding tert-OH is 1. The predicted molar refractivity (Wildman–Crippen MR) is 210 cm³/mol. The molecule has 2 bridgehead atoms. The number of rotatable bonds is 9. The number of ether oxygens (including phenoxy) is 3. The second kappa shape index (κ2) is 14.7. The molecule has 3 aromatic rings. The van der Waals surface area contributed by atoms with Crippen molar-refractivity contribution in [2.24, 2.45) is 16.7 Å². The summed E-state index contributed by atoms with van der Waals surface area (Å²) in [6.45, 7) is 10.1. The van der Waals surface area contributed by atoms with Gasteiger partial charge in [-0.2, -0.15) is 16.8 Å². The molecule has 59 heavy (non-hydrogen) atoms. The lowest BCUT2D eigenvalue weighted by Crippen LogP contribution is -2.82. The van der Waals surface area contributed by atoms with E-state index >= 15 is 4.79 Å². The summed E-state index contributed by atoms with van der Waals surface area (Å²) in [6, 6.07) is 19.2. The van der Waals surface area contributed by atoms with Crippen LogP contribution < -0.4 is 0 Å². The first kappa shape index (κ1) is 42.8. The molecule has 0 amide bonds. The monoisotopic (exact) mass is 852 g/mol. The van der Waals surface area contributed by atoms with Crippen LogP contribution in [0.5, 0.6) is 0 Å². The molecule has 0 unspecified atom stereocenters. The third kappa shape index (κ3) is 6.86. The van der Waals surface area contributed by atoms with Crippen LogP contribution in [0, 0.1) is 30.6 Å². The highest BCUT2D eigenvalue weighted by atomic mass is 32.2. The lowest BCUT2D eigenvalue weighted by molar-refractivity contribution is -0.343. The molecule has 3 aromatic carbocycles. The molecule has 14 nitrogen and oxygen atoms in total. The highest BCUT2D eigenvalue weighted by molar-refractivity contribution is 7.87. The molecule has 4 aliphatic rings. The van der Waals surface area contributed by atoms with Crippen molar-refractivity contribution in [3.63, 3.8) is 0 Å². The lowest BCUT2D eigenvalue weighted by atomic mass is 9.44. The number of carbonyl (C=O) groups is 3. The fraction of sp³-hybridized carbons (Fsp3) is 0.465. The molecule has 2 saturated carbocycles. The van der Waals surface area contributed by atoms with E-state index in [0.29, 0.717) is 0 Å². The number of hydrogen-bond acceptors (Lipinski definition) is 14. The lowest BCUT2D eigenvalue weighted by Gasteiger charge is -2.67. The van der Waals surface area contributed by atoms with E-state index in [4.69, 9.17) is 22.6 Å². The topological polar surface area (TPSA) is 206 Å². The first-order valence-electron chi connectivity index (χ1n) is 19.2. The molecule has 1 heterocycles. The molecule has 316 valence electrons. The Morgan fingerprint density at radius 3 is 1.86 bits per heavy atom. The number of hydrogen-bond donors (Lipinski definition) is 2. The molecule has 3 fully saturated rings. The first-order valence-corrected chi connectivity index (χ1v) is 22.0. The van der Waals surface area contributed by atoms with Gasteiger partial charge in [0.15, 0.2) is 17.5 Å². The van der Waals surface area contributed by atoms with Crippen LogP contribution in [0.3, 0.4) is 0 Å². The van der Waals surface area contributed by atoms with E-state index in [1.54, 1.807) is 44.2 Å². The van der Waals surface area contributed by atoms with Gasteiger partial charge in [0.2, 0.25) is 0 Å². The molecular formula is C43H48O14S2. The average molecular weight is 853 g/mol. The summed E-state index contributed by atoms with van der Waals surface area (Å²) in [6.07, 6.45) is -9.38. The van der Waals surface area contributed by atoms with Crippen LogP contribution in [0.4, 0.5) is 0 Å². The molecular weight excluding hydrogens is 805 g/mol. The van der Waals surface area contributed by atoms with Gasteiger partial charge in [-0.15, -0.1) is 0 Å². The number of aryl methyl sites for hydroxylation is 2. The highest BCUT2D eigenvalue weighted by Gasteiger charge is 2.79. The minimum absolute atomic E-state index is 0.0474. The average Bonchev–Trinajstić information content (AvgIpc) is 3.16. The smallest absolute Gasteiger partial charge is 0.338 e. The standard InChI is InChI=1S/C43H48O14S2/c1-24-13-17-29(18-14-24)58(49,50)56-32-21-33-42(23-53-33,55-27(4)44)36-38(54-39(47)28-11-9-8-10-12-28)43(48)22-31(45)26(3)34(40(43,5)6)35(37(46)41(32,36)7)57-59(51,52)30-19-15-25(2)16-20-30/h8-20,31-33,35-36,38,45,48H,21-23H2,1-7H3/t31-,32-,33+,35+,36-,38-,41+,42-,43+/m0/s1. The van der Waals surface area contributed by atoms with Crippen molar-refractivity contribution in [2.45, 2.75) is 113 Å². The molecule has 0 radical (unpaired) electrons. The van der Waals surface area contributed by atoms with Gasteiger partial charge in [-0.1, -0.05) is 67.4 Å². The largest absolute Gasteiger partial charge is 0.455 e. The van der Waals surface area contributed by atoms with Gasteiger partial charge < -0.3 is 24.4 Å². The zero-order valence-electron chi connectivity index (χ0n) is 33.7. The Balaban J connectivity index is 1.53. The van der Waals surface area contributed by atoms with E-state index in [-0.39, 0.29) is 26.5 Å². The summed E-state index contributed by atoms with van der Waals surface area (Å²) >= 11 is 0. The van der Waals surface area contributed by atoms with Gasteiger partial charge in [-0.05, 0) is 75.2 Å². The van der Waals surface area contributed by atoms with Crippen molar-refractivity contribution in [2.75, 3.05) is 6.61 Å². The van der Waals surface area contributed by atoms with E-state index < -0.39 is 116 Å². The van der Waals surface area contributed by atoms with Crippen LogP contribution in [0.15, 0.2) is 99.8 Å². The molecule has 0 spiro atoms. The maximum absolute atomic E-state index is 16.1. The molecule has 16 heteroatoms. The first-order chi connectivity index (χ1) is 27.5. The molecule has 9 atom stereocenters. The molecule has 1 aliphatic heterocycles. The van der Waals surface area contributed by atoms with E-state index in [1.807, 2.05) is 0 Å². The van der Waals surface area contributed by atoms with Gasteiger partial charge in [0.25, 0.3) is 20.2 Å². The fourth-order valence-electron chi connectivity index (χ4n) is 9.64. The molecule has 3 aliphatic carbocycles. The zero-order chi connectivity index (χ0) is 43.1. The highest BCUT2D eigenvalue weighted by Crippen LogP contribution is 2.65. The van der Waals surface area contributed by atoms with Crippen LogP contribution in [-0.4, -0.2) is 93.1 Å².